The molecule has 0 aromatic heterocycles. The maximum atomic E-state index is 12.8. The van der Waals surface area contributed by atoms with Crippen LogP contribution in [0.3, 0.4) is 0 Å². The summed E-state index contributed by atoms with van der Waals surface area (Å²) in [7, 11) is 0. The van der Waals surface area contributed by atoms with Gasteiger partial charge in [0.25, 0.3) is 0 Å². The molecule has 0 bridgehead atoms. The monoisotopic (exact) mass is 351 g/mol. The molecule has 4 nitrogen and oxygen atoms in total. The Morgan fingerprint density at radius 1 is 0.923 bits per heavy atom. The van der Waals surface area contributed by atoms with E-state index in [4.69, 9.17) is 0 Å². The lowest BCUT2D eigenvalue weighted by molar-refractivity contribution is -0.127. The number of carbonyl (C=O) groups is 1. The number of nitrogens with zero attached hydrogens (tertiary/aromatic N) is 2. The number of anilines is 1. The SMILES string of the molecule is CC(C)(C(=O)Nc1ccccc1)N1CCN(CCc2ccccc2)CC1. The van der Waals surface area contributed by atoms with Crippen molar-refractivity contribution in [3.05, 3.63) is 66.2 Å². The summed E-state index contributed by atoms with van der Waals surface area (Å²) in [6.45, 7) is 8.97. The molecule has 0 saturated carbocycles. The van der Waals surface area contributed by atoms with E-state index >= 15 is 0 Å². The Morgan fingerprint density at radius 2 is 1.50 bits per heavy atom. The van der Waals surface area contributed by atoms with Gasteiger partial charge in [0.15, 0.2) is 0 Å². The van der Waals surface area contributed by atoms with Crippen LogP contribution < -0.4 is 5.32 Å². The Hall–Kier alpha value is -2.17. The number of carbonyl (C=O) groups excluding carboxylic acids is 1. The minimum Gasteiger partial charge on any atom is -0.324 e. The zero-order chi connectivity index (χ0) is 18.4. The van der Waals surface area contributed by atoms with Crippen LogP contribution in [0.4, 0.5) is 5.69 Å². The van der Waals surface area contributed by atoms with Crippen LogP contribution >= 0.6 is 0 Å². The van der Waals surface area contributed by atoms with Crippen molar-refractivity contribution in [1.82, 2.24) is 9.80 Å². The zero-order valence-electron chi connectivity index (χ0n) is 15.8. The summed E-state index contributed by atoms with van der Waals surface area (Å²) in [5, 5.41) is 3.04. The molecule has 1 heterocycles. The average molecular weight is 351 g/mol. The highest BCUT2D eigenvalue weighted by Gasteiger charge is 2.36. The van der Waals surface area contributed by atoms with Crippen molar-refractivity contribution in [3.63, 3.8) is 0 Å². The van der Waals surface area contributed by atoms with Gasteiger partial charge in [-0.25, -0.2) is 0 Å². The van der Waals surface area contributed by atoms with Gasteiger partial charge < -0.3 is 10.2 Å². The van der Waals surface area contributed by atoms with Crippen LogP contribution in [-0.4, -0.2) is 54.0 Å². The van der Waals surface area contributed by atoms with E-state index in [1.807, 2.05) is 44.2 Å². The van der Waals surface area contributed by atoms with Crippen molar-refractivity contribution in [2.75, 3.05) is 38.0 Å². The number of para-hydroxylation sites is 1. The summed E-state index contributed by atoms with van der Waals surface area (Å²) in [5.41, 5.74) is 1.73. The standard InChI is InChI=1S/C22H29N3O/c1-22(2,21(26)23-20-11-7-4-8-12-20)25-17-15-24(16-18-25)14-13-19-9-5-3-6-10-19/h3-12H,13-18H2,1-2H3,(H,23,26). The van der Waals surface area contributed by atoms with Crippen molar-refractivity contribution in [2.24, 2.45) is 0 Å². The second-order valence-corrected chi connectivity index (χ2v) is 7.44. The van der Waals surface area contributed by atoms with E-state index in [0.29, 0.717) is 0 Å². The molecular weight excluding hydrogens is 322 g/mol. The van der Waals surface area contributed by atoms with Gasteiger partial charge in [0, 0.05) is 38.4 Å². The second-order valence-electron chi connectivity index (χ2n) is 7.44. The van der Waals surface area contributed by atoms with Crippen LogP contribution in [0, 0.1) is 0 Å². The van der Waals surface area contributed by atoms with Gasteiger partial charge in [0.2, 0.25) is 5.91 Å². The van der Waals surface area contributed by atoms with Gasteiger partial charge in [-0.05, 0) is 38.0 Å². The lowest BCUT2D eigenvalue weighted by Crippen LogP contribution is -2.59. The van der Waals surface area contributed by atoms with Crippen LogP contribution in [0.15, 0.2) is 60.7 Å². The lowest BCUT2D eigenvalue weighted by Gasteiger charge is -2.43. The minimum atomic E-state index is -0.513. The molecule has 138 valence electrons. The van der Waals surface area contributed by atoms with E-state index in [1.165, 1.54) is 5.56 Å². The highest BCUT2D eigenvalue weighted by atomic mass is 16.2. The molecule has 1 amide bonds. The summed E-state index contributed by atoms with van der Waals surface area (Å²) in [4.78, 5) is 17.5. The topological polar surface area (TPSA) is 35.6 Å². The Bertz CT molecular complexity index is 692. The maximum absolute atomic E-state index is 12.8. The Morgan fingerprint density at radius 3 is 2.12 bits per heavy atom. The van der Waals surface area contributed by atoms with E-state index < -0.39 is 5.54 Å². The number of hydrogen-bond donors (Lipinski definition) is 1. The van der Waals surface area contributed by atoms with Crippen LogP contribution in [0.1, 0.15) is 19.4 Å². The van der Waals surface area contributed by atoms with Crippen molar-refractivity contribution in [1.29, 1.82) is 0 Å². The molecule has 0 unspecified atom stereocenters. The first kappa shape index (κ1) is 18.6. The van der Waals surface area contributed by atoms with E-state index in [2.05, 4.69) is 45.4 Å². The first-order valence-electron chi connectivity index (χ1n) is 9.43. The number of piperazine rings is 1. The molecule has 3 rings (SSSR count). The van der Waals surface area contributed by atoms with Gasteiger partial charge in [-0.2, -0.15) is 0 Å². The Labute approximate surface area is 156 Å². The van der Waals surface area contributed by atoms with Crippen LogP contribution in [0.5, 0.6) is 0 Å². The summed E-state index contributed by atoms with van der Waals surface area (Å²) in [6, 6.07) is 20.3. The molecule has 1 N–H and O–H groups in total. The smallest absolute Gasteiger partial charge is 0.244 e. The molecule has 0 aliphatic carbocycles. The number of amides is 1. The molecule has 1 aliphatic heterocycles. The third kappa shape index (κ3) is 4.71. The molecule has 2 aromatic carbocycles. The predicted octanol–water partition coefficient (Wildman–Crippen LogP) is 3.26. The second kappa shape index (κ2) is 8.47. The number of benzene rings is 2. The highest BCUT2D eigenvalue weighted by Crippen LogP contribution is 2.20. The van der Waals surface area contributed by atoms with Gasteiger partial charge in [-0.15, -0.1) is 0 Å². The Balaban J connectivity index is 1.49. The lowest BCUT2D eigenvalue weighted by atomic mass is 10.00. The molecule has 0 radical (unpaired) electrons. The van der Waals surface area contributed by atoms with E-state index in [0.717, 1.165) is 44.8 Å². The minimum absolute atomic E-state index is 0.0569. The maximum Gasteiger partial charge on any atom is 0.244 e. The van der Waals surface area contributed by atoms with E-state index in [-0.39, 0.29) is 5.91 Å². The van der Waals surface area contributed by atoms with Crippen molar-refractivity contribution in [3.8, 4) is 0 Å². The van der Waals surface area contributed by atoms with Crippen LogP contribution in [-0.2, 0) is 11.2 Å². The molecule has 0 spiro atoms. The summed E-state index contributed by atoms with van der Waals surface area (Å²) >= 11 is 0. The third-order valence-corrected chi connectivity index (χ3v) is 5.31. The van der Waals surface area contributed by atoms with Crippen molar-refractivity contribution >= 4 is 11.6 Å². The van der Waals surface area contributed by atoms with Gasteiger partial charge in [-0.1, -0.05) is 48.5 Å². The quantitative estimate of drug-likeness (QED) is 0.868. The summed E-state index contributed by atoms with van der Waals surface area (Å²) in [5.74, 6) is 0.0569. The first-order valence-corrected chi connectivity index (χ1v) is 9.43. The molecule has 4 heteroatoms. The van der Waals surface area contributed by atoms with Gasteiger partial charge in [0.1, 0.15) is 0 Å². The van der Waals surface area contributed by atoms with Crippen LogP contribution in [0.2, 0.25) is 0 Å². The highest BCUT2D eigenvalue weighted by molar-refractivity contribution is 5.97. The molecule has 1 aliphatic rings. The average Bonchev–Trinajstić information content (AvgIpc) is 2.68. The fourth-order valence-corrected chi connectivity index (χ4v) is 3.41. The summed E-state index contributed by atoms with van der Waals surface area (Å²) in [6.07, 6.45) is 1.08. The number of hydrogen-bond acceptors (Lipinski definition) is 3. The van der Waals surface area contributed by atoms with Gasteiger partial charge >= 0.3 is 0 Å². The fraction of sp³-hybridized carbons (Fsp3) is 0.409. The normalized spacial score (nSPS) is 16.4. The molecule has 26 heavy (non-hydrogen) atoms. The summed E-state index contributed by atoms with van der Waals surface area (Å²) < 4.78 is 0. The predicted molar refractivity (Wildman–Crippen MR) is 107 cm³/mol. The van der Waals surface area contributed by atoms with Gasteiger partial charge in [-0.3, -0.25) is 9.69 Å². The fourth-order valence-electron chi connectivity index (χ4n) is 3.41. The zero-order valence-corrected chi connectivity index (χ0v) is 15.8. The van der Waals surface area contributed by atoms with Crippen molar-refractivity contribution < 1.29 is 4.79 Å². The molecule has 1 saturated heterocycles. The van der Waals surface area contributed by atoms with Gasteiger partial charge in [0.05, 0.1) is 5.54 Å². The van der Waals surface area contributed by atoms with Crippen molar-refractivity contribution in [2.45, 2.75) is 25.8 Å². The van der Waals surface area contributed by atoms with E-state index in [9.17, 15) is 4.79 Å². The Kier molecular flexibility index (Phi) is 6.07. The third-order valence-electron chi connectivity index (χ3n) is 5.31. The van der Waals surface area contributed by atoms with E-state index in [1.54, 1.807) is 0 Å². The number of rotatable bonds is 6. The molecular formula is C22H29N3O. The first-order chi connectivity index (χ1) is 12.6. The largest absolute Gasteiger partial charge is 0.324 e. The molecule has 2 aromatic rings. The molecule has 1 fully saturated rings. The molecule has 0 atom stereocenters. The number of nitrogens with one attached hydrogen (secondary N) is 1. The van der Waals surface area contributed by atoms with Crippen LogP contribution in [0.25, 0.3) is 0 Å².